The molecule has 3 rings (SSSR count). The summed E-state index contributed by atoms with van der Waals surface area (Å²) in [6.45, 7) is 0. The lowest BCUT2D eigenvalue weighted by atomic mass is 10.1. The van der Waals surface area contributed by atoms with Gasteiger partial charge in [-0.15, -0.1) is 0 Å². The third-order valence-electron chi connectivity index (χ3n) is 3.47. The van der Waals surface area contributed by atoms with Crippen molar-refractivity contribution < 1.29 is 12.8 Å². The first-order chi connectivity index (χ1) is 11.4. The summed E-state index contributed by atoms with van der Waals surface area (Å²) in [5.74, 6) is -0.358. The average molecular weight is 341 g/mol. The predicted molar refractivity (Wildman–Crippen MR) is 86.8 cm³/mol. The maximum atomic E-state index is 13.1. The summed E-state index contributed by atoms with van der Waals surface area (Å²) in [4.78, 5) is 0.197. The molecule has 0 spiro atoms. The zero-order chi connectivity index (χ0) is 17.3. The Labute approximate surface area is 138 Å². The summed E-state index contributed by atoms with van der Waals surface area (Å²) >= 11 is 0. The molecule has 1 heterocycles. The van der Waals surface area contributed by atoms with Gasteiger partial charge in [0.15, 0.2) is 15.5 Å². The fourth-order valence-electron chi connectivity index (χ4n) is 2.29. The molecule has 3 aromatic rings. The predicted octanol–water partition coefficient (Wildman–Crippen LogP) is 2.95. The second-order valence-corrected chi connectivity index (χ2v) is 7.23. The fourth-order valence-corrected chi connectivity index (χ4v) is 2.92. The molecule has 2 aromatic carbocycles. The Balaban J connectivity index is 2.12. The van der Waals surface area contributed by atoms with Gasteiger partial charge in [0.1, 0.15) is 11.9 Å². The van der Waals surface area contributed by atoms with Gasteiger partial charge < -0.3 is 0 Å². The molecule has 0 saturated carbocycles. The molecule has 0 bridgehead atoms. The van der Waals surface area contributed by atoms with Crippen LogP contribution in [0.4, 0.5) is 4.39 Å². The highest BCUT2D eigenvalue weighted by Crippen LogP contribution is 2.25. The van der Waals surface area contributed by atoms with Gasteiger partial charge in [0.05, 0.1) is 16.3 Å². The first-order valence-corrected chi connectivity index (χ1v) is 8.84. The number of benzene rings is 2. The van der Waals surface area contributed by atoms with E-state index < -0.39 is 9.84 Å². The molecule has 0 unspecified atom stereocenters. The third-order valence-corrected chi connectivity index (χ3v) is 4.60. The SMILES string of the molecule is CS(=O)(=O)c1ccc(-n2nc(C#N)cc2-c2ccc(F)cc2)cc1. The molecule has 0 amide bonds. The van der Waals surface area contributed by atoms with Crippen LogP contribution in [0.25, 0.3) is 16.9 Å². The third kappa shape index (κ3) is 3.05. The molecule has 0 fully saturated rings. The van der Waals surface area contributed by atoms with Crippen molar-refractivity contribution in [1.29, 1.82) is 5.26 Å². The maximum absolute atomic E-state index is 13.1. The molecule has 0 aliphatic carbocycles. The standard InChI is InChI=1S/C17H12FN3O2S/c1-24(22,23)16-8-6-15(7-9-16)21-17(10-14(11-19)20-21)12-2-4-13(18)5-3-12/h2-10H,1H3. The minimum absolute atomic E-state index is 0.197. The fraction of sp³-hybridized carbons (Fsp3) is 0.0588. The summed E-state index contributed by atoms with van der Waals surface area (Å²) in [6.07, 6.45) is 1.13. The van der Waals surface area contributed by atoms with Gasteiger partial charge in [0.2, 0.25) is 0 Å². The normalized spacial score (nSPS) is 11.2. The average Bonchev–Trinajstić information content (AvgIpc) is 2.99. The van der Waals surface area contributed by atoms with Crippen molar-refractivity contribution in [1.82, 2.24) is 9.78 Å². The summed E-state index contributed by atoms with van der Waals surface area (Å²) in [7, 11) is -3.29. The van der Waals surface area contributed by atoms with Crippen molar-refractivity contribution in [2.45, 2.75) is 4.90 Å². The van der Waals surface area contributed by atoms with E-state index in [-0.39, 0.29) is 16.4 Å². The summed E-state index contributed by atoms with van der Waals surface area (Å²) in [5.41, 5.74) is 2.11. The minimum atomic E-state index is -3.29. The Kier molecular flexibility index (Phi) is 3.91. The first kappa shape index (κ1) is 15.9. The van der Waals surface area contributed by atoms with Crippen molar-refractivity contribution in [3.8, 4) is 23.0 Å². The maximum Gasteiger partial charge on any atom is 0.175 e. The highest BCUT2D eigenvalue weighted by molar-refractivity contribution is 7.90. The van der Waals surface area contributed by atoms with Gasteiger partial charge in [-0.2, -0.15) is 10.4 Å². The van der Waals surface area contributed by atoms with Gasteiger partial charge in [0.25, 0.3) is 0 Å². The Morgan fingerprint density at radius 2 is 1.71 bits per heavy atom. The molecular formula is C17H12FN3O2S. The van der Waals surface area contributed by atoms with Crippen molar-refractivity contribution in [2.24, 2.45) is 0 Å². The van der Waals surface area contributed by atoms with Crippen molar-refractivity contribution >= 4 is 9.84 Å². The summed E-state index contributed by atoms with van der Waals surface area (Å²) in [5, 5.41) is 13.3. The van der Waals surface area contributed by atoms with Gasteiger partial charge in [-0.25, -0.2) is 17.5 Å². The minimum Gasteiger partial charge on any atom is -0.232 e. The van der Waals surface area contributed by atoms with E-state index in [4.69, 9.17) is 5.26 Å². The molecule has 0 atom stereocenters. The van der Waals surface area contributed by atoms with E-state index in [0.29, 0.717) is 16.9 Å². The number of sulfone groups is 1. The first-order valence-electron chi connectivity index (χ1n) is 6.95. The van der Waals surface area contributed by atoms with Crippen LogP contribution in [0.2, 0.25) is 0 Å². The lowest BCUT2D eigenvalue weighted by molar-refractivity contribution is 0.602. The van der Waals surface area contributed by atoms with Crippen LogP contribution in [0.1, 0.15) is 5.69 Å². The van der Waals surface area contributed by atoms with E-state index in [1.165, 1.54) is 28.9 Å². The topological polar surface area (TPSA) is 75.8 Å². The number of halogens is 1. The van der Waals surface area contributed by atoms with Gasteiger partial charge in [0, 0.05) is 17.9 Å². The lowest BCUT2D eigenvalue weighted by Crippen LogP contribution is -2.01. The van der Waals surface area contributed by atoms with Crippen LogP contribution in [-0.2, 0) is 9.84 Å². The van der Waals surface area contributed by atoms with Crippen LogP contribution in [0.15, 0.2) is 59.5 Å². The van der Waals surface area contributed by atoms with Crippen LogP contribution < -0.4 is 0 Å². The van der Waals surface area contributed by atoms with Crippen molar-refractivity contribution in [2.75, 3.05) is 6.26 Å². The molecule has 7 heteroatoms. The van der Waals surface area contributed by atoms with E-state index >= 15 is 0 Å². The molecule has 0 saturated heterocycles. The number of hydrogen-bond acceptors (Lipinski definition) is 4. The van der Waals surface area contributed by atoms with Gasteiger partial charge in [-0.1, -0.05) is 0 Å². The number of rotatable bonds is 3. The second kappa shape index (κ2) is 5.91. The van der Waals surface area contributed by atoms with Gasteiger partial charge >= 0.3 is 0 Å². The highest BCUT2D eigenvalue weighted by atomic mass is 32.2. The molecule has 24 heavy (non-hydrogen) atoms. The van der Waals surface area contributed by atoms with E-state index in [9.17, 15) is 12.8 Å². The number of aromatic nitrogens is 2. The molecule has 120 valence electrons. The Hall–Kier alpha value is -2.98. The quantitative estimate of drug-likeness (QED) is 0.734. The highest BCUT2D eigenvalue weighted by Gasteiger charge is 2.13. The van der Waals surface area contributed by atoms with E-state index in [1.54, 1.807) is 30.3 Å². The molecule has 5 nitrogen and oxygen atoms in total. The zero-order valence-electron chi connectivity index (χ0n) is 12.6. The number of nitrogens with zero attached hydrogens (tertiary/aromatic N) is 3. The molecule has 0 N–H and O–H groups in total. The van der Waals surface area contributed by atoms with E-state index in [1.807, 2.05) is 6.07 Å². The number of nitriles is 1. The van der Waals surface area contributed by atoms with Crippen LogP contribution in [0, 0.1) is 17.1 Å². The van der Waals surface area contributed by atoms with Crippen LogP contribution in [0.5, 0.6) is 0 Å². The Bertz CT molecular complexity index is 1030. The second-order valence-electron chi connectivity index (χ2n) is 5.21. The Morgan fingerprint density at radius 3 is 2.25 bits per heavy atom. The lowest BCUT2D eigenvalue weighted by Gasteiger charge is -2.08. The van der Waals surface area contributed by atoms with Crippen molar-refractivity contribution in [3.63, 3.8) is 0 Å². The molecule has 0 aliphatic rings. The largest absolute Gasteiger partial charge is 0.232 e. The molecular weight excluding hydrogens is 329 g/mol. The zero-order valence-corrected chi connectivity index (χ0v) is 13.5. The van der Waals surface area contributed by atoms with Crippen LogP contribution in [0.3, 0.4) is 0 Å². The van der Waals surface area contributed by atoms with Crippen LogP contribution in [-0.4, -0.2) is 24.5 Å². The van der Waals surface area contributed by atoms with E-state index in [2.05, 4.69) is 5.10 Å². The smallest absolute Gasteiger partial charge is 0.175 e. The monoisotopic (exact) mass is 341 g/mol. The van der Waals surface area contributed by atoms with Gasteiger partial charge in [-0.05, 0) is 48.5 Å². The Morgan fingerprint density at radius 1 is 1.08 bits per heavy atom. The van der Waals surface area contributed by atoms with E-state index in [0.717, 1.165) is 6.26 Å². The van der Waals surface area contributed by atoms with Crippen LogP contribution >= 0.6 is 0 Å². The molecule has 1 aromatic heterocycles. The van der Waals surface area contributed by atoms with Gasteiger partial charge in [-0.3, -0.25) is 0 Å². The number of hydrogen-bond donors (Lipinski definition) is 0. The van der Waals surface area contributed by atoms with Crippen molar-refractivity contribution in [3.05, 3.63) is 66.1 Å². The summed E-state index contributed by atoms with van der Waals surface area (Å²) < 4.78 is 37.7. The molecule has 0 radical (unpaired) electrons. The summed E-state index contributed by atoms with van der Waals surface area (Å²) in [6, 6.07) is 15.6. The molecule has 0 aliphatic heterocycles.